The van der Waals surface area contributed by atoms with Gasteiger partial charge in [0.2, 0.25) is 0 Å². The van der Waals surface area contributed by atoms with Crippen LogP contribution in [-0.4, -0.2) is 73.2 Å². The molecule has 5 heteroatoms. The SMILES string of the molecule is COCC(O)CN(C)C1CCOC2(CCSCC2)C1. The molecular formula is C14H27NO3S. The van der Waals surface area contributed by atoms with Gasteiger partial charge in [-0.3, -0.25) is 0 Å². The smallest absolute Gasteiger partial charge is 0.0900 e. The molecule has 19 heavy (non-hydrogen) atoms. The largest absolute Gasteiger partial charge is 0.389 e. The van der Waals surface area contributed by atoms with E-state index in [1.54, 1.807) is 7.11 Å². The van der Waals surface area contributed by atoms with Gasteiger partial charge in [-0.05, 0) is 44.2 Å². The maximum atomic E-state index is 9.85. The Hall–Kier alpha value is 0.190. The predicted octanol–water partition coefficient (Wildman–Crippen LogP) is 1.37. The van der Waals surface area contributed by atoms with Gasteiger partial charge in [-0.1, -0.05) is 0 Å². The molecule has 2 rings (SSSR count). The lowest BCUT2D eigenvalue weighted by atomic mass is 9.85. The Morgan fingerprint density at radius 2 is 2.21 bits per heavy atom. The van der Waals surface area contributed by atoms with Crippen LogP contribution in [0.15, 0.2) is 0 Å². The van der Waals surface area contributed by atoms with Gasteiger partial charge in [0.25, 0.3) is 0 Å². The minimum absolute atomic E-state index is 0.120. The van der Waals surface area contributed by atoms with E-state index in [0.29, 0.717) is 19.2 Å². The van der Waals surface area contributed by atoms with Crippen LogP contribution in [0.1, 0.15) is 25.7 Å². The van der Waals surface area contributed by atoms with Crippen LogP contribution in [0.5, 0.6) is 0 Å². The Bertz CT molecular complexity index is 266. The first-order valence-corrected chi connectivity index (χ1v) is 8.40. The molecule has 2 fully saturated rings. The number of ether oxygens (including phenoxy) is 2. The highest BCUT2D eigenvalue weighted by atomic mass is 32.2. The van der Waals surface area contributed by atoms with Crippen LogP contribution in [0.4, 0.5) is 0 Å². The second-order valence-electron chi connectivity index (χ2n) is 5.84. The summed E-state index contributed by atoms with van der Waals surface area (Å²) in [6, 6.07) is 0.531. The molecule has 0 bridgehead atoms. The minimum atomic E-state index is -0.393. The quantitative estimate of drug-likeness (QED) is 0.828. The normalized spacial score (nSPS) is 28.7. The fourth-order valence-electron chi connectivity index (χ4n) is 3.20. The third-order valence-electron chi connectivity index (χ3n) is 4.35. The van der Waals surface area contributed by atoms with Gasteiger partial charge in [-0.2, -0.15) is 11.8 Å². The van der Waals surface area contributed by atoms with Crippen molar-refractivity contribution in [1.29, 1.82) is 0 Å². The Labute approximate surface area is 120 Å². The molecule has 0 saturated carbocycles. The number of methoxy groups -OCH3 is 1. The van der Waals surface area contributed by atoms with E-state index in [-0.39, 0.29) is 5.60 Å². The predicted molar refractivity (Wildman–Crippen MR) is 78.8 cm³/mol. The van der Waals surface area contributed by atoms with Crippen molar-refractivity contribution in [3.63, 3.8) is 0 Å². The molecular weight excluding hydrogens is 262 g/mol. The van der Waals surface area contributed by atoms with Crippen molar-refractivity contribution in [2.24, 2.45) is 0 Å². The molecule has 0 aromatic heterocycles. The van der Waals surface area contributed by atoms with Crippen molar-refractivity contribution in [3.05, 3.63) is 0 Å². The molecule has 0 aromatic carbocycles. The first-order chi connectivity index (χ1) is 9.15. The molecule has 2 unspecified atom stereocenters. The van der Waals surface area contributed by atoms with Gasteiger partial charge in [0.05, 0.1) is 18.3 Å². The Morgan fingerprint density at radius 3 is 2.89 bits per heavy atom. The van der Waals surface area contributed by atoms with Crippen molar-refractivity contribution < 1.29 is 14.6 Å². The molecule has 0 aliphatic carbocycles. The summed E-state index contributed by atoms with van der Waals surface area (Å²) in [7, 11) is 3.74. The molecule has 2 heterocycles. The summed E-state index contributed by atoms with van der Waals surface area (Å²) < 4.78 is 11.1. The highest BCUT2D eigenvalue weighted by Gasteiger charge is 2.39. The zero-order chi connectivity index (χ0) is 13.7. The fourth-order valence-corrected chi connectivity index (χ4v) is 4.43. The van der Waals surface area contributed by atoms with Crippen LogP contribution in [-0.2, 0) is 9.47 Å². The number of nitrogens with zero attached hydrogens (tertiary/aromatic N) is 1. The van der Waals surface area contributed by atoms with E-state index < -0.39 is 6.10 Å². The molecule has 112 valence electrons. The zero-order valence-electron chi connectivity index (χ0n) is 12.1. The average Bonchev–Trinajstić information content (AvgIpc) is 2.40. The van der Waals surface area contributed by atoms with Gasteiger partial charge in [0, 0.05) is 26.3 Å². The Balaban J connectivity index is 1.85. The summed E-state index contributed by atoms with van der Waals surface area (Å²) in [6.07, 6.45) is 4.16. The van der Waals surface area contributed by atoms with Crippen LogP contribution in [0.2, 0.25) is 0 Å². The monoisotopic (exact) mass is 289 g/mol. The molecule has 1 N–H and O–H groups in total. The van der Waals surface area contributed by atoms with Crippen molar-refractivity contribution in [3.8, 4) is 0 Å². The van der Waals surface area contributed by atoms with Gasteiger partial charge in [0.1, 0.15) is 0 Å². The highest BCUT2D eigenvalue weighted by molar-refractivity contribution is 7.99. The third-order valence-corrected chi connectivity index (χ3v) is 5.34. The minimum Gasteiger partial charge on any atom is -0.389 e. The second kappa shape index (κ2) is 7.27. The molecule has 0 aromatic rings. The van der Waals surface area contributed by atoms with E-state index in [2.05, 4.69) is 11.9 Å². The molecule has 2 atom stereocenters. The Kier molecular flexibility index (Phi) is 5.96. The van der Waals surface area contributed by atoms with E-state index in [0.717, 1.165) is 19.4 Å². The number of thioether (sulfide) groups is 1. The maximum absolute atomic E-state index is 9.85. The van der Waals surface area contributed by atoms with E-state index >= 15 is 0 Å². The first kappa shape index (κ1) is 15.6. The molecule has 1 spiro atoms. The van der Waals surface area contributed by atoms with E-state index in [1.807, 2.05) is 11.8 Å². The zero-order valence-corrected chi connectivity index (χ0v) is 13.0. The van der Waals surface area contributed by atoms with E-state index in [1.165, 1.54) is 24.3 Å². The van der Waals surface area contributed by atoms with Crippen molar-refractivity contribution in [2.75, 3.05) is 45.4 Å². The molecule has 2 aliphatic rings. The van der Waals surface area contributed by atoms with Gasteiger partial charge < -0.3 is 19.5 Å². The number of aliphatic hydroxyl groups excluding tert-OH is 1. The standard InChI is InChI=1S/C14H27NO3S/c1-15(10-13(16)11-17-2)12-3-6-18-14(9-12)4-7-19-8-5-14/h12-13,16H,3-11H2,1-2H3. The van der Waals surface area contributed by atoms with Crippen LogP contribution in [0.25, 0.3) is 0 Å². The first-order valence-electron chi connectivity index (χ1n) is 7.24. The molecule has 0 radical (unpaired) electrons. The van der Waals surface area contributed by atoms with Crippen LogP contribution < -0.4 is 0 Å². The topological polar surface area (TPSA) is 41.9 Å². The van der Waals surface area contributed by atoms with Crippen LogP contribution in [0, 0.1) is 0 Å². The van der Waals surface area contributed by atoms with E-state index in [9.17, 15) is 5.11 Å². The van der Waals surface area contributed by atoms with Crippen molar-refractivity contribution >= 4 is 11.8 Å². The molecule has 4 nitrogen and oxygen atoms in total. The third kappa shape index (κ3) is 4.33. The lowest BCUT2D eigenvalue weighted by Crippen LogP contribution is -2.50. The molecule has 2 aliphatic heterocycles. The van der Waals surface area contributed by atoms with Gasteiger partial charge in [0.15, 0.2) is 0 Å². The number of hydrogen-bond acceptors (Lipinski definition) is 5. The van der Waals surface area contributed by atoms with Crippen molar-refractivity contribution in [1.82, 2.24) is 4.90 Å². The molecule has 0 amide bonds. The summed E-state index contributed by atoms with van der Waals surface area (Å²) in [5, 5.41) is 9.85. The van der Waals surface area contributed by atoms with Crippen molar-refractivity contribution in [2.45, 2.75) is 43.4 Å². The Morgan fingerprint density at radius 1 is 1.47 bits per heavy atom. The number of rotatable bonds is 5. The lowest BCUT2D eigenvalue weighted by Gasteiger charge is -2.46. The van der Waals surface area contributed by atoms with Crippen LogP contribution in [0.3, 0.4) is 0 Å². The maximum Gasteiger partial charge on any atom is 0.0900 e. The summed E-state index contributed by atoms with van der Waals surface area (Å²) in [6.45, 7) is 1.96. The second-order valence-corrected chi connectivity index (χ2v) is 7.06. The summed E-state index contributed by atoms with van der Waals surface area (Å²) in [5.74, 6) is 2.45. The molecule has 2 saturated heterocycles. The van der Waals surface area contributed by atoms with Crippen LogP contribution >= 0.6 is 11.8 Å². The van der Waals surface area contributed by atoms with E-state index in [4.69, 9.17) is 9.47 Å². The summed E-state index contributed by atoms with van der Waals surface area (Å²) >= 11 is 2.04. The number of aliphatic hydroxyl groups is 1. The summed E-state index contributed by atoms with van der Waals surface area (Å²) in [5.41, 5.74) is 0.120. The van der Waals surface area contributed by atoms with Gasteiger partial charge in [-0.25, -0.2) is 0 Å². The van der Waals surface area contributed by atoms with Gasteiger partial charge >= 0.3 is 0 Å². The number of hydrogen-bond donors (Lipinski definition) is 1. The van der Waals surface area contributed by atoms with Gasteiger partial charge in [-0.15, -0.1) is 0 Å². The number of likely N-dealkylation sites (N-methyl/N-ethyl adjacent to an activating group) is 1. The fraction of sp³-hybridized carbons (Fsp3) is 1.00. The summed E-state index contributed by atoms with van der Waals surface area (Å²) in [4.78, 5) is 2.29. The lowest BCUT2D eigenvalue weighted by molar-refractivity contribution is -0.111. The highest BCUT2D eigenvalue weighted by Crippen LogP contribution is 2.38. The average molecular weight is 289 g/mol.